The molecule has 3 rings (SSSR count). The van der Waals surface area contributed by atoms with Crippen LogP contribution < -0.4 is 0 Å². The van der Waals surface area contributed by atoms with Crippen molar-refractivity contribution in [3.05, 3.63) is 59.7 Å². The number of alkyl halides is 3. The number of aromatic nitrogens is 2. The van der Waals surface area contributed by atoms with Crippen molar-refractivity contribution in [2.75, 3.05) is 0 Å². The molecule has 150 valence electrons. The molecule has 2 aromatic heterocycles. The predicted octanol–water partition coefficient (Wildman–Crippen LogP) is 4.61. The van der Waals surface area contributed by atoms with Crippen LogP contribution in [0.5, 0.6) is 5.75 Å². The fourth-order valence-corrected chi connectivity index (χ4v) is 3.56. The van der Waals surface area contributed by atoms with Crippen molar-refractivity contribution in [2.24, 2.45) is 0 Å². The monoisotopic (exact) mass is 396 g/mol. The number of halogens is 4. The van der Waals surface area contributed by atoms with Crippen LogP contribution in [0.3, 0.4) is 0 Å². The lowest BCUT2D eigenvalue weighted by Crippen LogP contribution is -2.50. The number of pyridine rings is 1. The first-order chi connectivity index (χ1) is 12.9. The molecule has 3 N–H and O–H groups in total. The molecule has 1 unspecified atom stereocenters. The minimum atomic E-state index is -4.95. The standard InChI is InChI=1S/C20H20F4N2O2/c1-18(2,14-8-12(21)5-6-17(14)27)11-19(28,20(22,23)24)10-13-9-16-15(26-13)4-3-7-25-16/h3-9,26-28H,10-11H2,1-2H3. The third kappa shape index (κ3) is 3.82. The molecule has 0 fully saturated rings. The summed E-state index contributed by atoms with van der Waals surface area (Å²) in [6, 6.07) is 7.87. The Kier molecular flexibility index (Phi) is 4.87. The number of nitrogens with zero attached hydrogens (tertiary/aromatic N) is 1. The quantitative estimate of drug-likeness (QED) is 0.552. The van der Waals surface area contributed by atoms with Crippen LogP contribution >= 0.6 is 0 Å². The zero-order valence-electron chi connectivity index (χ0n) is 15.3. The number of phenols is 1. The fourth-order valence-electron chi connectivity index (χ4n) is 3.56. The smallest absolute Gasteiger partial charge is 0.417 e. The minimum absolute atomic E-state index is 0.00603. The Labute approximate surface area is 158 Å². The van der Waals surface area contributed by atoms with E-state index in [9.17, 15) is 27.8 Å². The summed E-state index contributed by atoms with van der Waals surface area (Å²) in [6.07, 6.45) is -4.93. The summed E-state index contributed by atoms with van der Waals surface area (Å²) in [5, 5.41) is 20.7. The van der Waals surface area contributed by atoms with Crippen molar-refractivity contribution >= 4 is 11.0 Å². The molecule has 1 atom stereocenters. The van der Waals surface area contributed by atoms with Gasteiger partial charge in [0, 0.05) is 23.9 Å². The number of aromatic amines is 1. The van der Waals surface area contributed by atoms with E-state index in [0.717, 1.165) is 18.2 Å². The minimum Gasteiger partial charge on any atom is -0.508 e. The molecule has 28 heavy (non-hydrogen) atoms. The SMILES string of the molecule is CC(C)(CC(O)(Cc1cc2ncccc2[nH]1)C(F)(F)F)c1cc(F)ccc1O. The van der Waals surface area contributed by atoms with Gasteiger partial charge in [0.1, 0.15) is 11.6 Å². The number of fused-ring (bicyclic) bond motifs is 1. The van der Waals surface area contributed by atoms with Gasteiger partial charge >= 0.3 is 6.18 Å². The van der Waals surface area contributed by atoms with E-state index < -0.39 is 35.9 Å². The largest absolute Gasteiger partial charge is 0.508 e. The molecule has 0 bridgehead atoms. The Morgan fingerprint density at radius 1 is 1.11 bits per heavy atom. The van der Waals surface area contributed by atoms with Crippen LogP contribution in [0.1, 0.15) is 31.5 Å². The molecule has 0 aliphatic rings. The number of phenolic OH excluding ortho intramolecular Hbond substituents is 1. The van der Waals surface area contributed by atoms with Crippen molar-refractivity contribution in [3.8, 4) is 5.75 Å². The van der Waals surface area contributed by atoms with E-state index >= 15 is 0 Å². The van der Waals surface area contributed by atoms with Gasteiger partial charge < -0.3 is 15.2 Å². The van der Waals surface area contributed by atoms with Crippen LogP contribution in [-0.2, 0) is 11.8 Å². The highest BCUT2D eigenvalue weighted by atomic mass is 19.4. The van der Waals surface area contributed by atoms with Gasteiger partial charge in [0.05, 0.1) is 11.0 Å². The maximum absolute atomic E-state index is 13.9. The Morgan fingerprint density at radius 3 is 2.46 bits per heavy atom. The molecular weight excluding hydrogens is 376 g/mol. The number of hydrogen-bond donors (Lipinski definition) is 3. The van der Waals surface area contributed by atoms with Gasteiger partial charge in [-0.1, -0.05) is 13.8 Å². The third-order valence-electron chi connectivity index (χ3n) is 4.88. The highest BCUT2D eigenvalue weighted by Crippen LogP contribution is 2.45. The van der Waals surface area contributed by atoms with Crippen LogP contribution in [0, 0.1) is 5.82 Å². The lowest BCUT2D eigenvalue weighted by Gasteiger charge is -2.38. The van der Waals surface area contributed by atoms with Gasteiger partial charge in [-0.3, -0.25) is 4.98 Å². The average molecular weight is 396 g/mol. The lowest BCUT2D eigenvalue weighted by molar-refractivity contribution is -0.266. The summed E-state index contributed by atoms with van der Waals surface area (Å²) in [5.74, 6) is -1.01. The van der Waals surface area contributed by atoms with Crippen LogP contribution in [0.25, 0.3) is 11.0 Å². The van der Waals surface area contributed by atoms with E-state index in [1.807, 2.05) is 0 Å². The van der Waals surface area contributed by atoms with Crippen molar-refractivity contribution in [1.29, 1.82) is 0 Å². The third-order valence-corrected chi connectivity index (χ3v) is 4.88. The van der Waals surface area contributed by atoms with Gasteiger partial charge in [-0.05, 0) is 48.2 Å². The molecule has 0 amide bonds. The molecule has 0 aliphatic carbocycles. The van der Waals surface area contributed by atoms with E-state index in [1.54, 1.807) is 12.1 Å². The van der Waals surface area contributed by atoms with Gasteiger partial charge in [-0.15, -0.1) is 0 Å². The number of aliphatic hydroxyl groups is 1. The topological polar surface area (TPSA) is 69.1 Å². The number of aromatic hydroxyl groups is 1. The summed E-state index contributed by atoms with van der Waals surface area (Å²) in [5.41, 5.74) is -3.24. The molecule has 0 spiro atoms. The Morgan fingerprint density at radius 2 is 1.82 bits per heavy atom. The van der Waals surface area contributed by atoms with Crippen molar-refractivity contribution in [2.45, 2.75) is 43.9 Å². The molecule has 2 heterocycles. The lowest BCUT2D eigenvalue weighted by atomic mass is 9.73. The summed E-state index contributed by atoms with van der Waals surface area (Å²) in [4.78, 5) is 6.91. The molecular formula is C20H20F4N2O2. The van der Waals surface area contributed by atoms with Crippen LogP contribution in [0.4, 0.5) is 17.6 Å². The normalized spacial score (nSPS) is 15.0. The Balaban J connectivity index is 1.98. The van der Waals surface area contributed by atoms with Crippen molar-refractivity contribution in [1.82, 2.24) is 9.97 Å². The second-order valence-corrected chi connectivity index (χ2v) is 7.66. The zero-order valence-corrected chi connectivity index (χ0v) is 15.3. The van der Waals surface area contributed by atoms with Gasteiger partial charge in [-0.25, -0.2) is 4.39 Å². The van der Waals surface area contributed by atoms with E-state index in [4.69, 9.17) is 0 Å². The van der Waals surface area contributed by atoms with Crippen LogP contribution in [0.2, 0.25) is 0 Å². The first-order valence-corrected chi connectivity index (χ1v) is 8.62. The summed E-state index contributed by atoms with van der Waals surface area (Å²) < 4.78 is 55.2. The van der Waals surface area contributed by atoms with Gasteiger partial charge in [0.2, 0.25) is 0 Å². The van der Waals surface area contributed by atoms with Crippen molar-refractivity contribution < 1.29 is 27.8 Å². The molecule has 1 aromatic carbocycles. The summed E-state index contributed by atoms with van der Waals surface area (Å²) >= 11 is 0. The highest BCUT2D eigenvalue weighted by Gasteiger charge is 2.56. The Bertz CT molecular complexity index is 964. The number of rotatable bonds is 5. The summed E-state index contributed by atoms with van der Waals surface area (Å²) in [7, 11) is 0. The molecule has 0 saturated carbocycles. The molecule has 4 nitrogen and oxygen atoms in total. The molecule has 0 radical (unpaired) electrons. The second-order valence-electron chi connectivity index (χ2n) is 7.66. The zero-order chi connectivity index (χ0) is 20.7. The van der Waals surface area contributed by atoms with E-state index in [0.29, 0.717) is 11.0 Å². The Hall–Kier alpha value is -2.61. The van der Waals surface area contributed by atoms with Gasteiger partial charge in [0.15, 0.2) is 5.60 Å². The average Bonchev–Trinajstić information content (AvgIpc) is 2.97. The first-order valence-electron chi connectivity index (χ1n) is 8.62. The summed E-state index contributed by atoms with van der Waals surface area (Å²) in [6.45, 7) is 2.84. The first kappa shape index (κ1) is 20.1. The molecule has 8 heteroatoms. The van der Waals surface area contributed by atoms with Gasteiger partial charge in [0.25, 0.3) is 0 Å². The van der Waals surface area contributed by atoms with Crippen LogP contribution in [-0.4, -0.2) is 32.0 Å². The number of benzene rings is 1. The maximum Gasteiger partial charge on any atom is 0.417 e. The van der Waals surface area contributed by atoms with Crippen molar-refractivity contribution in [3.63, 3.8) is 0 Å². The highest BCUT2D eigenvalue weighted by molar-refractivity contribution is 5.75. The van der Waals surface area contributed by atoms with Crippen LogP contribution in [0.15, 0.2) is 42.6 Å². The van der Waals surface area contributed by atoms with E-state index in [1.165, 1.54) is 26.1 Å². The molecule has 0 aliphatic heterocycles. The molecule has 0 saturated heterocycles. The second kappa shape index (κ2) is 6.77. The number of nitrogens with one attached hydrogen (secondary N) is 1. The van der Waals surface area contributed by atoms with E-state index in [-0.39, 0.29) is 17.0 Å². The maximum atomic E-state index is 13.9. The molecule has 3 aromatic rings. The number of hydrogen-bond acceptors (Lipinski definition) is 3. The predicted molar refractivity (Wildman–Crippen MR) is 96.5 cm³/mol. The fraction of sp³-hybridized carbons (Fsp3) is 0.350. The van der Waals surface area contributed by atoms with Gasteiger partial charge in [-0.2, -0.15) is 13.2 Å². The van der Waals surface area contributed by atoms with E-state index in [2.05, 4.69) is 9.97 Å². The number of H-pyrrole nitrogens is 1.